The summed E-state index contributed by atoms with van der Waals surface area (Å²) in [5.74, 6) is -2.69. The number of halogens is 1. The Balaban J connectivity index is 1.87. The van der Waals surface area contributed by atoms with Crippen LogP contribution in [-0.2, 0) is 9.59 Å². The predicted molar refractivity (Wildman–Crippen MR) is 74.2 cm³/mol. The summed E-state index contributed by atoms with van der Waals surface area (Å²) in [6.07, 6.45) is 0. The summed E-state index contributed by atoms with van der Waals surface area (Å²) in [7, 11) is 0. The van der Waals surface area contributed by atoms with Crippen molar-refractivity contribution in [3.8, 4) is 0 Å². The van der Waals surface area contributed by atoms with Crippen LogP contribution in [0.15, 0.2) is 29.3 Å². The van der Waals surface area contributed by atoms with Crippen LogP contribution in [0.2, 0.25) is 0 Å². The highest BCUT2D eigenvalue weighted by molar-refractivity contribution is 6.18. The van der Waals surface area contributed by atoms with Gasteiger partial charge in [0.25, 0.3) is 5.91 Å². The molecule has 1 aromatic rings. The third kappa shape index (κ3) is 2.64. The minimum atomic E-state index is -1.21. The molecule has 1 saturated heterocycles. The van der Waals surface area contributed by atoms with Gasteiger partial charge in [0.2, 0.25) is 11.9 Å². The minimum Gasteiger partial charge on any atom is -0.340 e. The van der Waals surface area contributed by atoms with E-state index in [9.17, 15) is 14.0 Å². The standard InChI is InChI=1S/C14H15FN4O2/c15-10-4-2-1-3-9(10)11-12(20)17-14(18-13(11)21)19-7-5-16-6-8-19/h1-4,11,16H,5-8H2,(H,17,18,20,21). The average molecular weight is 290 g/mol. The Hall–Kier alpha value is -2.28. The van der Waals surface area contributed by atoms with Gasteiger partial charge in [0.1, 0.15) is 11.7 Å². The van der Waals surface area contributed by atoms with Crippen molar-refractivity contribution in [3.63, 3.8) is 0 Å². The average Bonchev–Trinajstić information content (AvgIpc) is 2.49. The van der Waals surface area contributed by atoms with Crippen molar-refractivity contribution in [3.05, 3.63) is 35.6 Å². The Bertz CT molecular complexity index is 611. The predicted octanol–water partition coefficient (Wildman–Crippen LogP) is -0.173. The number of amides is 2. The first-order valence-electron chi connectivity index (χ1n) is 6.80. The molecular formula is C14H15FN4O2. The maximum Gasteiger partial charge on any atom is 0.266 e. The van der Waals surface area contributed by atoms with E-state index < -0.39 is 23.5 Å². The molecule has 2 heterocycles. The van der Waals surface area contributed by atoms with E-state index in [2.05, 4.69) is 15.6 Å². The number of rotatable bonds is 1. The number of nitrogens with one attached hydrogen (secondary N) is 2. The molecule has 0 saturated carbocycles. The Morgan fingerprint density at radius 3 is 2.57 bits per heavy atom. The molecule has 1 aromatic carbocycles. The van der Waals surface area contributed by atoms with Crippen LogP contribution in [0.25, 0.3) is 0 Å². The number of hydrogen-bond acceptors (Lipinski definition) is 4. The summed E-state index contributed by atoms with van der Waals surface area (Å²) in [5, 5.41) is 5.79. The summed E-state index contributed by atoms with van der Waals surface area (Å²) < 4.78 is 13.8. The lowest BCUT2D eigenvalue weighted by Crippen LogP contribution is -2.55. The van der Waals surface area contributed by atoms with Gasteiger partial charge in [-0.2, -0.15) is 4.99 Å². The molecule has 21 heavy (non-hydrogen) atoms. The van der Waals surface area contributed by atoms with Crippen molar-refractivity contribution in [2.45, 2.75) is 5.92 Å². The minimum absolute atomic E-state index is 0.0584. The van der Waals surface area contributed by atoms with Crippen molar-refractivity contribution in [1.82, 2.24) is 15.5 Å². The van der Waals surface area contributed by atoms with Gasteiger partial charge in [-0.1, -0.05) is 18.2 Å². The highest BCUT2D eigenvalue weighted by atomic mass is 19.1. The van der Waals surface area contributed by atoms with Crippen LogP contribution < -0.4 is 10.6 Å². The molecule has 1 atom stereocenters. The molecular weight excluding hydrogens is 275 g/mol. The lowest BCUT2D eigenvalue weighted by molar-refractivity contribution is -0.130. The quantitative estimate of drug-likeness (QED) is 0.704. The Kier molecular flexibility index (Phi) is 3.66. The van der Waals surface area contributed by atoms with Crippen LogP contribution in [0, 0.1) is 5.82 Å². The van der Waals surface area contributed by atoms with E-state index in [1.54, 1.807) is 6.07 Å². The van der Waals surface area contributed by atoms with E-state index in [1.807, 2.05) is 4.90 Å². The maximum absolute atomic E-state index is 13.8. The third-order valence-electron chi connectivity index (χ3n) is 3.59. The normalized spacial score (nSPS) is 22.8. The molecule has 0 spiro atoms. The Morgan fingerprint density at radius 1 is 1.19 bits per heavy atom. The van der Waals surface area contributed by atoms with Gasteiger partial charge in [0.05, 0.1) is 0 Å². The monoisotopic (exact) mass is 290 g/mol. The molecule has 2 N–H and O–H groups in total. The van der Waals surface area contributed by atoms with Gasteiger partial charge < -0.3 is 10.2 Å². The molecule has 1 fully saturated rings. The van der Waals surface area contributed by atoms with Gasteiger partial charge in [-0.15, -0.1) is 0 Å². The number of benzene rings is 1. The fraction of sp³-hybridized carbons (Fsp3) is 0.357. The number of aliphatic imine (C=N–C) groups is 1. The van der Waals surface area contributed by atoms with Crippen LogP contribution in [0.4, 0.5) is 4.39 Å². The van der Waals surface area contributed by atoms with E-state index >= 15 is 0 Å². The zero-order chi connectivity index (χ0) is 14.8. The second-order valence-corrected chi connectivity index (χ2v) is 4.95. The van der Waals surface area contributed by atoms with Crippen LogP contribution in [0.1, 0.15) is 11.5 Å². The zero-order valence-corrected chi connectivity index (χ0v) is 11.3. The van der Waals surface area contributed by atoms with E-state index in [-0.39, 0.29) is 11.5 Å². The van der Waals surface area contributed by atoms with E-state index in [0.29, 0.717) is 13.1 Å². The van der Waals surface area contributed by atoms with Crippen molar-refractivity contribution < 1.29 is 14.0 Å². The number of nitrogens with zero attached hydrogens (tertiary/aromatic N) is 2. The molecule has 2 amide bonds. The van der Waals surface area contributed by atoms with Gasteiger partial charge in [0.15, 0.2) is 0 Å². The maximum atomic E-state index is 13.8. The van der Waals surface area contributed by atoms with Gasteiger partial charge in [0, 0.05) is 31.7 Å². The summed E-state index contributed by atoms with van der Waals surface area (Å²) in [6.45, 7) is 2.85. The van der Waals surface area contributed by atoms with Gasteiger partial charge >= 0.3 is 0 Å². The fourth-order valence-corrected chi connectivity index (χ4v) is 2.50. The molecule has 3 rings (SSSR count). The lowest BCUT2D eigenvalue weighted by Gasteiger charge is -2.32. The zero-order valence-electron chi connectivity index (χ0n) is 11.3. The van der Waals surface area contributed by atoms with Crippen molar-refractivity contribution in [1.29, 1.82) is 0 Å². The summed E-state index contributed by atoms with van der Waals surface area (Å²) in [5.41, 5.74) is 0.0584. The third-order valence-corrected chi connectivity index (χ3v) is 3.59. The molecule has 0 bridgehead atoms. The molecule has 0 aromatic heterocycles. The topological polar surface area (TPSA) is 73.8 Å². The van der Waals surface area contributed by atoms with Crippen LogP contribution in [0.3, 0.4) is 0 Å². The highest BCUT2D eigenvalue weighted by Gasteiger charge is 2.36. The van der Waals surface area contributed by atoms with Crippen LogP contribution in [0.5, 0.6) is 0 Å². The first-order chi connectivity index (χ1) is 10.2. The number of carbonyl (C=O) groups excluding carboxylic acids is 2. The van der Waals surface area contributed by atoms with Crippen molar-refractivity contribution in [2.24, 2.45) is 4.99 Å². The van der Waals surface area contributed by atoms with Crippen molar-refractivity contribution >= 4 is 17.8 Å². The van der Waals surface area contributed by atoms with Crippen LogP contribution >= 0.6 is 0 Å². The summed E-state index contributed by atoms with van der Waals surface area (Å²) in [6, 6.07) is 5.77. The number of piperazine rings is 1. The summed E-state index contributed by atoms with van der Waals surface area (Å²) >= 11 is 0. The molecule has 6 nitrogen and oxygen atoms in total. The number of carbonyl (C=O) groups is 2. The molecule has 2 aliphatic rings. The van der Waals surface area contributed by atoms with Crippen molar-refractivity contribution in [2.75, 3.05) is 26.2 Å². The Labute approximate surface area is 121 Å². The molecule has 0 radical (unpaired) electrons. The molecule has 0 aliphatic carbocycles. The molecule has 7 heteroatoms. The second kappa shape index (κ2) is 5.61. The fourth-order valence-electron chi connectivity index (χ4n) is 2.50. The van der Waals surface area contributed by atoms with Gasteiger partial charge in [-0.3, -0.25) is 14.9 Å². The smallest absolute Gasteiger partial charge is 0.266 e. The van der Waals surface area contributed by atoms with E-state index in [4.69, 9.17) is 0 Å². The Morgan fingerprint density at radius 2 is 1.90 bits per heavy atom. The molecule has 1 unspecified atom stereocenters. The first kappa shape index (κ1) is 13.7. The SMILES string of the molecule is O=C1N=C(N2CCNCC2)NC(=O)C1c1ccccc1F. The van der Waals surface area contributed by atoms with Crippen LogP contribution in [-0.4, -0.2) is 48.9 Å². The van der Waals surface area contributed by atoms with Gasteiger partial charge in [-0.05, 0) is 6.07 Å². The second-order valence-electron chi connectivity index (χ2n) is 4.95. The highest BCUT2D eigenvalue weighted by Crippen LogP contribution is 2.23. The first-order valence-corrected chi connectivity index (χ1v) is 6.80. The van der Waals surface area contributed by atoms with E-state index in [1.165, 1.54) is 18.2 Å². The molecule has 2 aliphatic heterocycles. The number of guanidine groups is 1. The molecule has 110 valence electrons. The lowest BCUT2D eigenvalue weighted by atomic mass is 9.96. The van der Waals surface area contributed by atoms with E-state index in [0.717, 1.165) is 13.1 Å². The summed E-state index contributed by atoms with van der Waals surface area (Å²) in [4.78, 5) is 30.1. The van der Waals surface area contributed by atoms with Gasteiger partial charge in [-0.25, -0.2) is 4.39 Å². The largest absolute Gasteiger partial charge is 0.340 e. The number of hydrogen-bond donors (Lipinski definition) is 2.